The molecular weight excluding hydrogens is 290 g/mol. The summed E-state index contributed by atoms with van der Waals surface area (Å²) in [7, 11) is 5.60. The zero-order valence-corrected chi connectivity index (χ0v) is 14.3. The van der Waals surface area contributed by atoms with E-state index in [1.807, 2.05) is 58.1 Å². The minimum atomic E-state index is -0.0742. The number of nitrogens with zero attached hydrogens (tertiary/aromatic N) is 4. The van der Waals surface area contributed by atoms with Gasteiger partial charge in [-0.1, -0.05) is 18.2 Å². The van der Waals surface area contributed by atoms with Gasteiger partial charge in [-0.3, -0.25) is 4.79 Å². The zero-order valence-electron chi connectivity index (χ0n) is 14.3. The molecule has 1 amide bonds. The van der Waals surface area contributed by atoms with Gasteiger partial charge in [0.05, 0.1) is 6.54 Å². The third-order valence-electron chi connectivity index (χ3n) is 3.55. The Morgan fingerprint density at radius 3 is 2.39 bits per heavy atom. The second-order valence-electron chi connectivity index (χ2n) is 5.78. The highest BCUT2D eigenvalue weighted by Gasteiger charge is 2.12. The number of nitrogens with one attached hydrogen (secondary N) is 1. The van der Waals surface area contributed by atoms with Crippen LogP contribution in [0, 0.1) is 13.8 Å². The number of hydrogen-bond acceptors (Lipinski definition) is 5. The van der Waals surface area contributed by atoms with Crippen molar-refractivity contribution in [2.45, 2.75) is 13.8 Å². The van der Waals surface area contributed by atoms with Crippen molar-refractivity contribution in [1.29, 1.82) is 0 Å². The van der Waals surface area contributed by atoms with Gasteiger partial charge in [0.15, 0.2) is 0 Å². The number of carbonyl (C=O) groups excluding carboxylic acids is 1. The van der Waals surface area contributed by atoms with Gasteiger partial charge in [-0.15, -0.1) is 0 Å². The van der Waals surface area contributed by atoms with Gasteiger partial charge in [-0.25, -0.2) is 4.98 Å². The number of para-hydroxylation sites is 1. The van der Waals surface area contributed by atoms with Crippen molar-refractivity contribution in [2.24, 2.45) is 0 Å². The Labute approximate surface area is 137 Å². The van der Waals surface area contributed by atoms with E-state index in [4.69, 9.17) is 0 Å². The second-order valence-corrected chi connectivity index (χ2v) is 5.78. The van der Waals surface area contributed by atoms with Gasteiger partial charge in [-0.2, -0.15) is 4.98 Å². The highest BCUT2D eigenvalue weighted by atomic mass is 16.2. The highest BCUT2D eigenvalue weighted by molar-refractivity contribution is 5.95. The van der Waals surface area contributed by atoms with Gasteiger partial charge in [-0.05, 0) is 31.0 Å². The van der Waals surface area contributed by atoms with Gasteiger partial charge < -0.3 is 15.1 Å². The van der Waals surface area contributed by atoms with Crippen molar-refractivity contribution >= 4 is 23.4 Å². The molecule has 1 heterocycles. The largest absolute Gasteiger partial charge is 0.350 e. The molecule has 6 nitrogen and oxygen atoms in total. The van der Waals surface area contributed by atoms with Crippen LogP contribution >= 0.6 is 0 Å². The van der Waals surface area contributed by atoms with Crippen molar-refractivity contribution < 1.29 is 4.79 Å². The SMILES string of the molecule is Cc1cccc(C)c1NC(=O)CN(C)c1ccnc(N(C)C)n1. The summed E-state index contributed by atoms with van der Waals surface area (Å²) in [6.07, 6.45) is 1.69. The first-order chi connectivity index (χ1) is 10.9. The quantitative estimate of drug-likeness (QED) is 0.917. The fraction of sp³-hybridized carbons (Fsp3) is 0.353. The van der Waals surface area contributed by atoms with Gasteiger partial charge >= 0.3 is 0 Å². The van der Waals surface area contributed by atoms with Crippen LogP contribution in [0.5, 0.6) is 0 Å². The van der Waals surface area contributed by atoms with Crippen molar-refractivity contribution in [1.82, 2.24) is 9.97 Å². The number of amides is 1. The van der Waals surface area contributed by atoms with Crippen molar-refractivity contribution in [3.63, 3.8) is 0 Å². The molecule has 122 valence electrons. The van der Waals surface area contributed by atoms with Crippen LogP contribution in [0.4, 0.5) is 17.5 Å². The Morgan fingerprint density at radius 2 is 1.78 bits per heavy atom. The van der Waals surface area contributed by atoms with Gasteiger partial charge in [0.1, 0.15) is 5.82 Å². The number of likely N-dealkylation sites (N-methyl/N-ethyl adjacent to an activating group) is 1. The Kier molecular flexibility index (Phi) is 5.16. The summed E-state index contributed by atoms with van der Waals surface area (Å²) < 4.78 is 0. The summed E-state index contributed by atoms with van der Waals surface area (Å²) in [6, 6.07) is 7.75. The van der Waals surface area contributed by atoms with E-state index in [9.17, 15) is 4.79 Å². The zero-order chi connectivity index (χ0) is 17.0. The molecule has 0 aliphatic rings. The predicted molar refractivity (Wildman–Crippen MR) is 94.2 cm³/mol. The molecule has 0 aliphatic heterocycles. The smallest absolute Gasteiger partial charge is 0.243 e. The van der Waals surface area contributed by atoms with Crippen LogP contribution in [0.2, 0.25) is 0 Å². The topological polar surface area (TPSA) is 61.4 Å². The molecule has 0 saturated carbocycles. The van der Waals surface area contributed by atoms with Crippen LogP contribution in [-0.4, -0.2) is 43.6 Å². The monoisotopic (exact) mass is 313 g/mol. The lowest BCUT2D eigenvalue weighted by molar-refractivity contribution is -0.114. The number of hydrogen-bond donors (Lipinski definition) is 1. The van der Waals surface area contributed by atoms with Crippen molar-refractivity contribution in [2.75, 3.05) is 42.8 Å². The third-order valence-corrected chi connectivity index (χ3v) is 3.55. The number of aromatic nitrogens is 2. The molecule has 0 radical (unpaired) electrons. The van der Waals surface area contributed by atoms with Crippen molar-refractivity contribution in [3.8, 4) is 0 Å². The molecule has 0 saturated heterocycles. The Bertz CT molecular complexity index is 679. The standard InChI is InChI=1S/C17H23N5O/c1-12-7-6-8-13(2)16(12)20-15(23)11-22(5)14-9-10-18-17(19-14)21(3)4/h6-10H,11H2,1-5H3,(H,20,23). The van der Waals surface area contributed by atoms with Crippen LogP contribution in [0.25, 0.3) is 0 Å². The lowest BCUT2D eigenvalue weighted by atomic mass is 10.1. The van der Waals surface area contributed by atoms with E-state index in [0.29, 0.717) is 11.8 Å². The molecule has 0 fully saturated rings. The highest BCUT2D eigenvalue weighted by Crippen LogP contribution is 2.19. The molecule has 6 heteroatoms. The third kappa shape index (κ3) is 4.18. The molecule has 1 aromatic carbocycles. The van der Waals surface area contributed by atoms with Crippen LogP contribution in [-0.2, 0) is 4.79 Å². The molecule has 1 N–H and O–H groups in total. The summed E-state index contributed by atoms with van der Waals surface area (Å²) in [5.41, 5.74) is 2.98. The Hall–Kier alpha value is -2.63. The van der Waals surface area contributed by atoms with E-state index in [0.717, 1.165) is 16.8 Å². The molecule has 0 bridgehead atoms. The summed E-state index contributed by atoms with van der Waals surface area (Å²) in [4.78, 5) is 24.6. The maximum Gasteiger partial charge on any atom is 0.243 e. The molecule has 0 aliphatic carbocycles. The fourth-order valence-corrected chi connectivity index (χ4v) is 2.25. The Balaban J connectivity index is 2.07. The second kappa shape index (κ2) is 7.09. The number of aryl methyl sites for hydroxylation is 2. The van der Waals surface area contributed by atoms with Gasteiger partial charge in [0, 0.05) is 33.0 Å². The lowest BCUT2D eigenvalue weighted by Crippen LogP contribution is -2.31. The van der Waals surface area contributed by atoms with E-state index in [2.05, 4.69) is 15.3 Å². The van der Waals surface area contributed by atoms with Crippen LogP contribution in [0.1, 0.15) is 11.1 Å². The number of anilines is 3. The first-order valence-corrected chi connectivity index (χ1v) is 7.46. The van der Waals surface area contributed by atoms with Crippen LogP contribution in [0.15, 0.2) is 30.5 Å². The van der Waals surface area contributed by atoms with Crippen molar-refractivity contribution in [3.05, 3.63) is 41.6 Å². The average molecular weight is 313 g/mol. The normalized spacial score (nSPS) is 10.3. The lowest BCUT2D eigenvalue weighted by Gasteiger charge is -2.20. The first-order valence-electron chi connectivity index (χ1n) is 7.46. The molecule has 0 atom stereocenters. The van der Waals surface area contributed by atoms with Crippen LogP contribution in [0.3, 0.4) is 0 Å². The minimum absolute atomic E-state index is 0.0742. The predicted octanol–water partition coefficient (Wildman–Crippen LogP) is 2.23. The molecule has 0 unspecified atom stereocenters. The molecule has 2 rings (SSSR count). The van der Waals surface area contributed by atoms with E-state index < -0.39 is 0 Å². The minimum Gasteiger partial charge on any atom is -0.350 e. The molecule has 1 aromatic heterocycles. The summed E-state index contributed by atoms with van der Waals surface area (Å²) in [5, 5.41) is 2.98. The average Bonchev–Trinajstić information content (AvgIpc) is 2.51. The van der Waals surface area contributed by atoms with E-state index in [1.165, 1.54) is 0 Å². The number of carbonyl (C=O) groups is 1. The van der Waals surface area contributed by atoms with Crippen LogP contribution < -0.4 is 15.1 Å². The first kappa shape index (κ1) is 16.7. The summed E-state index contributed by atoms with van der Waals surface area (Å²) >= 11 is 0. The molecular formula is C17H23N5O. The number of rotatable bonds is 5. The van der Waals surface area contributed by atoms with E-state index in [-0.39, 0.29) is 12.5 Å². The molecule has 0 spiro atoms. The molecule has 23 heavy (non-hydrogen) atoms. The Morgan fingerprint density at radius 1 is 1.13 bits per heavy atom. The van der Waals surface area contributed by atoms with E-state index in [1.54, 1.807) is 17.2 Å². The van der Waals surface area contributed by atoms with Gasteiger partial charge in [0.25, 0.3) is 0 Å². The summed E-state index contributed by atoms with van der Waals surface area (Å²) in [6.45, 7) is 4.19. The summed E-state index contributed by atoms with van der Waals surface area (Å²) in [5.74, 6) is 1.25. The fourth-order valence-electron chi connectivity index (χ4n) is 2.25. The molecule has 2 aromatic rings. The maximum atomic E-state index is 12.3. The maximum absolute atomic E-state index is 12.3. The van der Waals surface area contributed by atoms with E-state index >= 15 is 0 Å². The van der Waals surface area contributed by atoms with Gasteiger partial charge in [0.2, 0.25) is 11.9 Å². The number of benzene rings is 1.